The second kappa shape index (κ2) is 56.9. The van der Waals surface area contributed by atoms with Crippen LogP contribution in [0.1, 0.15) is 303 Å². The number of likely N-dealkylation sites (N-methyl/N-ethyl adjacent to an activating group) is 1. The molecular weight excluding hydrogens is 948 g/mol. The van der Waals surface area contributed by atoms with E-state index in [2.05, 4.69) is 67.8 Å². The summed E-state index contributed by atoms with van der Waals surface area (Å²) in [5, 5.41) is 13.9. The van der Waals surface area contributed by atoms with Gasteiger partial charge in [-0.3, -0.25) is 9.36 Å². The lowest BCUT2D eigenvalue weighted by atomic mass is 10.0. The minimum absolute atomic E-state index is 0.00619. The van der Waals surface area contributed by atoms with Crippen LogP contribution in [0.4, 0.5) is 0 Å². The summed E-state index contributed by atoms with van der Waals surface area (Å²) in [6, 6.07) is -0.904. The van der Waals surface area contributed by atoms with Crippen molar-refractivity contribution in [2.75, 3.05) is 40.9 Å². The van der Waals surface area contributed by atoms with E-state index >= 15 is 0 Å². The number of nitrogens with one attached hydrogen (secondary N) is 1. The normalized spacial score (nSPS) is 14.2. The third-order valence-corrected chi connectivity index (χ3v) is 15.4. The first kappa shape index (κ1) is 73.2. The molecule has 3 unspecified atom stereocenters. The molecule has 0 saturated carbocycles. The standard InChI is InChI=1S/C66H125N2O6P/c1-6-8-10-12-14-16-18-20-22-24-26-27-28-29-30-31-32-33-34-35-36-37-38-39-40-41-42-44-46-48-50-52-54-56-58-60-66(70)67-64(63-74-75(71,72)73-62-61-68(3,4)5)65(69)59-57-55-53-51-49-47-45-43-25-23-21-19-17-15-13-11-9-7-2/h18,20,24,26,28-29,49,51,57,59,64-65,69H,6-17,19,21-23,25,27,30-48,50,52-56,58,60-63H2,1-5H3,(H-,67,70,71,72)/b20-18-,26-24-,29-28-,51-49+,59-57+. The Balaban J connectivity index is 4.04. The maximum atomic E-state index is 13.0. The zero-order valence-corrected chi connectivity index (χ0v) is 51.1. The van der Waals surface area contributed by atoms with Crippen LogP contribution >= 0.6 is 7.82 Å². The molecule has 0 radical (unpaired) electrons. The van der Waals surface area contributed by atoms with Crippen LogP contribution in [0, 0.1) is 0 Å². The highest BCUT2D eigenvalue weighted by Crippen LogP contribution is 2.38. The quantitative estimate of drug-likeness (QED) is 0.0272. The van der Waals surface area contributed by atoms with Crippen LogP contribution in [0.2, 0.25) is 0 Å². The predicted octanol–water partition coefficient (Wildman–Crippen LogP) is 19.4. The summed E-state index contributed by atoms with van der Waals surface area (Å²) in [5.41, 5.74) is 0. The lowest BCUT2D eigenvalue weighted by Gasteiger charge is -2.29. The highest BCUT2D eigenvalue weighted by Gasteiger charge is 2.23. The van der Waals surface area contributed by atoms with Crippen LogP contribution in [-0.2, 0) is 18.4 Å². The molecule has 0 aromatic heterocycles. The summed E-state index contributed by atoms with van der Waals surface area (Å²) in [6.07, 6.45) is 77.6. The number of phosphoric ester groups is 1. The van der Waals surface area contributed by atoms with Gasteiger partial charge in [-0.05, 0) is 70.6 Å². The maximum absolute atomic E-state index is 13.0. The van der Waals surface area contributed by atoms with E-state index in [4.69, 9.17) is 9.05 Å². The van der Waals surface area contributed by atoms with Crippen molar-refractivity contribution in [3.05, 3.63) is 60.8 Å². The fraction of sp³-hybridized carbons (Fsp3) is 0.833. The van der Waals surface area contributed by atoms with E-state index in [0.717, 1.165) is 51.4 Å². The molecule has 2 N–H and O–H groups in total. The van der Waals surface area contributed by atoms with E-state index in [9.17, 15) is 19.4 Å². The van der Waals surface area contributed by atoms with E-state index in [0.29, 0.717) is 17.4 Å². The van der Waals surface area contributed by atoms with Gasteiger partial charge in [-0.25, -0.2) is 0 Å². The number of hydrogen-bond donors (Lipinski definition) is 2. The molecule has 0 aromatic rings. The zero-order valence-electron chi connectivity index (χ0n) is 50.3. The Kier molecular flexibility index (Phi) is 55.5. The van der Waals surface area contributed by atoms with Crippen molar-refractivity contribution >= 4 is 13.7 Å². The minimum atomic E-state index is -4.61. The monoisotopic (exact) mass is 1070 g/mol. The molecular formula is C66H125N2O6P. The number of quaternary nitrogens is 1. The molecule has 75 heavy (non-hydrogen) atoms. The first-order chi connectivity index (χ1) is 36.5. The molecule has 1 amide bonds. The number of amides is 1. The average Bonchev–Trinajstić information content (AvgIpc) is 3.37. The fourth-order valence-electron chi connectivity index (χ4n) is 9.41. The third kappa shape index (κ3) is 59.7. The van der Waals surface area contributed by atoms with Gasteiger partial charge in [0, 0.05) is 6.42 Å². The van der Waals surface area contributed by atoms with Crippen molar-refractivity contribution in [2.45, 2.75) is 315 Å². The molecule has 8 nitrogen and oxygen atoms in total. The van der Waals surface area contributed by atoms with Crippen molar-refractivity contribution in [3.63, 3.8) is 0 Å². The Morgan fingerprint density at radius 1 is 0.467 bits per heavy atom. The average molecular weight is 1070 g/mol. The van der Waals surface area contributed by atoms with Crippen molar-refractivity contribution in [2.24, 2.45) is 0 Å². The predicted molar refractivity (Wildman–Crippen MR) is 325 cm³/mol. The van der Waals surface area contributed by atoms with Gasteiger partial charge in [0.15, 0.2) is 0 Å². The number of phosphoric acid groups is 1. The van der Waals surface area contributed by atoms with Crippen LogP contribution in [0.5, 0.6) is 0 Å². The van der Waals surface area contributed by atoms with E-state index in [1.54, 1.807) is 6.08 Å². The number of hydrogen-bond acceptors (Lipinski definition) is 6. The van der Waals surface area contributed by atoms with Gasteiger partial charge in [0.05, 0.1) is 39.9 Å². The Morgan fingerprint density at radius 2 is 0.787 bits per heavy atom. The second-order valence-electron chi connectivity index (χ2n) is 23.1. The number of unbranched alkanes of at least 4 members (excludes halogenated alkanes) is 38. The molecule has 3 atom stereocenters. The second-order valence-corrected chi connectivity index (χ2v) is 24.5. The third-order valence-electron chi connectivity index (χ3n) is 14.4. The van der Waals surface area contributed by atoms with Gasteiger partial charge < -0.3 is 28.8 Å². The van der Waals surface area contributed by atoms with Crippen molar-refractivity contribution in [3.8, 4) is 0 Å². The van der Waals surface area contributed by atoms with Crippen LogP contribution in [0.15, 0.2) is 60.8 Å². The summed E-state index contributed by atoms with van der Waals surface area (Å²) in [5.74, 6) is -0.204. The van der Waals surface area contributed by atoms with Gasteiger partial charge in [-0.2, -0.15) is 0 Å². The summed E-state index contributed by atoms with van der Waals surface area (Å²) < 4.78 is 23.4. The summed E-state index contributed by atoms with van der Waals surface area (Å²) in [7, 11) is 1.25. The van der Waals surface area contributed by atoms with E-state index < -0.39 is 26.6 Å². The molecule has 0 aromatic carbocycles. The molecule has 9 heteroatoms. The van der Waals surface area contributed by atoms with Gasteiger partial charge in [0.25, 0.3) is 7.82 Å². The first-order valence-electron chi connectivity index (χ1n) is 32.2. The smallest absolute Gasteiger partial charge is 0.268 e. The van der Waals surface area contributed by atoms with Crippen molar-refractivity contribution < 1.29 is 32.9 Å². The Hall–Kier alpha value is -1.80. The summed E-state index contributed by atoms with van der Waals surface area (Å²) in [4.78, 5) is 25.5. The largest absolute Gasteiger partial charge is 0.756 e. The number of rotatable bonds is 59. The van der Waals surface area contributed by atoms with Gasteiger partial charge in [-0.15, -0.1) is 0 Å². The van der Waals surface area contributed by atoms with Crippen molar-refractivity contribution in [1.29, 1.82) is 0 Å². The molecule has 0 heterocycles. The van der Waals surface area contributed by atoms with E-state index in [-0.39, 0.29) is 12.5 Å². The first-order valence-corrected chi connectivity index (χ1v) is 33.6. The molecule has 0 aliphatic rings. The van der Waals surface area contributed by atoms with Gasteiger partial charge in [-0.1, -0.05) is 286 Å². The molecule has 0 saturated heterocycles. The van der Waals surface area contributed by atoms with Gasteiger partial charge in [0.2, 0.25) is 5.91 Å². The Labute approximate surface area is 466 Å². The Morgan fingerprint density at radius 3 is 1.17 bits per heavy atom. The SMILES string of the molecule is CCCCCCC/C=C\C/C=C\C/C=C\CCCCCCCCCCCCCCCCCCCCCCC(=O)NC(COP(=O)([O-])OCC[N+](C)(C)C)C(O)/C=C/CC/C=C/CCCCCCCCCCCCCC. The summed E-state index contributed by atoms with van der Waals surface area (Å²) in [6.45, 7) is 4.64. The topological polar surface area (TPSA) is 108 Å². The van der Waals surface area contributed by atoms with Crippen molar-refractivity contribution in [1.82, 2.24) is 5.32 Å². The number of allylic oxidation sites excluding steroid dienone is 9. The van der Waals surface area contributed by atoms with Crippen LogP contribution in [-0.4, -0.2) is 68.5 Å². The Bertz CT molecular complexity index is 1400. The highest BCUT2D eigenvalue weighted by atomic mass is 31.2. The number of carbonyl (C=O) groups is 1. The van der Waals surface area contributed by atoms with E-state index in [1.807, 2.05) is 27.2 Å². The molecule has 0 aliphatic heterocycles. The molecule has 0 rings (SSSR count). The lowest BCUT2D eigenvalue weighted by molar-refractivity contribution is -0.870. The van der Waals surface area contributed by atoms with Gasteiger partial charge in [0.1, 0.15) is 13.2 Å². The fourth-order valence-corrected chi connectivity index (χ4v) is 10.1. The maximum Gasteiger partial charge on any atom is 0.268 e. The molecule has 440 valence electrons. The molecule has 0 spiro atoms. The zero-order chi connectivity index (χ0) is 54.9. The number of nitrogens with zero attached hydrogens (tertiary/aromatic N) is 1. The highest BCUT2D eigenvalue weighted by molar-refractivity contribution is 7.45. The van der Waals surface area contributed by atoms with Crippen LogP contribution in [0.3, 0.4) is 0 Å². The molecule has 0 fully saturated rings. The molecule has 0 bridgehead atoms. The van der Waals surface area contributed by atoms with Gasteiger partial charge >= 0.3 is 0 Å². The van der Waals surface area contributed by atoms with Crippen LogP contribution < -0.4 is 10.2 Å². The van der Waals surface area contributed by atoms with E-state index in [1.165, 1.54) is 231 Å². The molecule has 0 aliphatic carbocycles. The number of aliphatic hydroxyl groups excluding tert-OH is 1. The number of carbonyl (C=O) groups excluding carboxylic acids is 1. The number of aliphatic hydroxyl groups is 1. The van der Waals surface area contributed by atoms with Crippen LogP contribution in [0.25, 0.3) is 0 Å². The lowest BCUT2D eigenvalue weighted by Crippen LogP contribution is -2.45. The minimum Gasteiger partial charge on any atom is -0.756 e. The summed E-state index contributed by atoms with van der Waals surface area (Å²) >= 11 is 0.